The molecule has 5 aromatic rings. The highest BCUT2D eigenvalue weighted by Gasteiger charge is 2.46. The second-order valence-electron chi connectivity index (χ2n) is 11.4. The fraction of sp³-hybridized carbons (Fsp3) is 0.242. The summed E-state index contributed by atoms with van der Waals surface area (Å²) in [5.74, 6) is 1.87. The van der Waals surface area contributed by atoms with Crippen molar-refractivity contribution in [3.63, 3.8) is 0 Å². The van der Waals surface area contributed by atoms with Gasteiger partial charge in [0, 0.05) is 74.4 Å². The molecule has 0 bridgehead atoms. The predicted octanol–water partition coefficient (Wildman–Crippen LogP) is 8.37. The summed E-state index contributed by atoms with van der Waals surface area (Å²) in [6, 6.07) is 10.8. The van der Waals surface area contributed by atoms with Crippen LogP contribution in [0.5, 0.6) is 0 Å². The smallest absolute Gasteiger partial charge is 0.142 e. The molecule has 4 aromatic heterocycles. The van der Waals surface area contributed by atoms with Gasteiger partial charge in [-0.05, 0) is 31.5 Å². The zero-order chi connectivity index (χ0) is 26.4. The van der Waals surface area contributed by atoms with Crippen molar-refractivity contribution in [3.05, 3.63) is 101 Å². The van der Waals surface area contributed by atoms with Crippen molar-refractivity contribution >= 4 is 34.2 Å². The van der Waals surface area contributed by atoms with Gasteiger partial charge < -0.3 is 4.42 Å². The van der Waals surface area contributed by atoms with Crippen molar-refractivity contribution in [3.8, 4) is 11.1 Å². The van der Waals surface area contributed by atoms with Crippen LogP contribution in [0.3, 0.4) is 0 Å². The standard InChI is InChI=1S/C33H30N4O/c1-7-9-21-19(2)38-30-22(10-8-11-23(21)30)20-14-25-31(36-15-20)37-28-18-34-13-12-24(28)32(3,4)26-16-35-17-27(29(26)37)33(25,5)6/h7-18H,1-6H3. The summed E-state index contributed by atoms with van der Waals surface area (Å²) in [7, 11) is 0. The monoisotopic (exact) mass is 498 g/mol. The SMILES string of the molecule is CC=Cc1c(C)oc2c(-c3cnc4c(c3)C(C)(C)c3cncc5c3N4c3cnccc3C5(C)C)cccc12. The molecular formula is C33H30N4O. The number of aryl methyl sites for hydroxylation is 1. The molecule has 188 valence electrons. The van der Waals surface area contributed by atoms with Crippen molar-refractivity contribution in [2.75, 3.05) is 4.90 Å². The van der Waals surface area contributed by atoms with Gasteiger partial charge in [0.2, 0.25) is 0 Å². The van der Waals surface area contributed by atoms with E-state index in [-0.39, 0.29) is 10.8 Å². The summed E-state index contributed by atoms with van der Waals surface area (Å²) in [6.07, 6.45) is 14.0. The number of hydrogen-bond donors (Lipinski definition) is 0. The first-order chi connectivity index (χ1) is 18.2. The van der Waals surface area contributed by atoms with Crippen LogP contribution in [0.15, 0.2) is 71.8 Å². The molecule has 0 unspecified atom stereocenters. The van der Waals surface area contributed by atoms with Crippen LogP contribution >= 0.6 is 0 Å². The van der Waals surface area contributed by atoms with E-state index >= 15 is 0 Å². The van der Waals surface area contributed by atoms with Crippen molar-refractivity contribution in [1.82, 2.24) is 15.0 Å². The summed E-state index contributed by atoms with van der Waals surface area (Å²) < 4.78 is 6.32. The average Bonchev–Trinajstić information content (AvgIpc) is 3.23. The molecule has 0 N–H and O–H groups in total. The molecule has 7 rings (SSSR count). The van der Waals surface area contributed by atoms with Crippen LogP contribution < -0.4 is 4.90 Å². The number of rotatable bonds is 2. The van der Waals surface area contributed by atoms with Crippen molar-refractivity contribution in [1.29, 1.82) is 0 Å². The number of hydrogen-bond acceptors (Lipinski definition) is 5. The molecule has 0 atom stereocenters. The van der Waals surface area contributed by atoms with Gasteiger partial charge >= 0.3 is 0 Å². The van der Waals surface area contributed by atoms with E-state index in [1.54, 1.807) is 0 Å². The van der Waals surface area contributed by atoms with E-state index in [2.05, 4.69) is 80.1 Å². The number of furan rings is 1. The number of aromatic nitrogens is 3. The summed E-state index contributed by atoms with van der Waals surface area (Å²) in [4.78, 5) is 16.7. The first-order valence-corrected chi connectivity index (χ1v) is 13.1. The Morgan fingerprint density at radius 3 is 2.39 bits per heavy atom. The minimum Gasteiger partial charge on any atom is -0.460 e. The number of para-hydroxylation sites is 1. The van der Waals surface area contributed by atoms with Crippen molar-refractivity contribution in [2.24, 2.45) is 0 Å². The fourth-order valence-electron chi connectivity index (χ4n) is 6.43. The van der Waals surface area contributed by atoms with Gasteiger partial charge in [0.05, 0.1) is 17.6 Å². The molecule has 0 radical (unpaired) electrons. The van der Waals surface area contributed by atoms with Crippen LogP contribution in [0.1, 0.15) is 68.2 Å². The Hall–Kier alpha value is -4.25. The Balaban J connectivity index is 1.50. The normalized spacial score (nSPS) is 16.4. The maximum atomic E-state index is 6.32. The van der Waals surface area contributed by atoms with E-state index in [9.17, 15) is 0 Å². The van der Waals surface area contributed by atoms with E-state index in [0.717, 1.165) is 50.5 Å². The Kier molecular flexibility index (Phi) is 4.60. The van der Waals surface area contributed by atoms with Gasteiger partial charge in [0.25, 0.3) is 0 Å². The van der Waals surface area contributed by atoms with Crippen LogP contribution in [0.2, 0.25) is 0 Å². The highest BCUT2D eigenvalue weighted by molar-refractivity contribution is 5.99. The van der Waals surface area contributed by atoms with E-state index in [1.165, 1.54) is 22.4 Å². The minimum absolute atomic E-state index is 0.196. The van der Waals surface area contributed by atoms with E-state index in [4.69, 9.17) is 14.4 Å². The fourth-order valence-corrected chi connectivity index (χ4v) is 6.43. The van der Waals surface area contributed by atoms with Crippen LogP contribution in [0.4, 0.5) is 17.2 Å². The molecule has 0 aliphatic carbocycles. The molecule has 5 nitrogen and oxygen atoms in total. The van der Waals surface area contributed by atoms with Crippen molar-refractivity contribution in [2.45, 2.75) is 52.4 Å². The lowest BCUT2D eigenvalue weighted by molar-refractivity contribution is 0.578. The summed E-state index contributed by atoms with van der Waals surface area (Å²) in [5.41, 5.74) is 10.7. The Morgan fingerprint density at radius 2 is 1.63 bits per heavy atom. The quantitative estimate of drug-likeness (QED) is 0.245. The first-order valence-electron chi connectivity index (χ1n) is 13.1. The second-order valence-corrected chi connectivity index (χ2v) is 11.4. The van der Waals surface area contributed by atoms with E-state index in [1.807, 2.05) is 44.8 Å². The molecule has 2 aliphatic heterocycles. The zero-order valence-corrected chi connectivity index (χ0v) is 22.6. The lowest BCUT2D eigenvalue weighted by Crippen LogP contribution is -2.38. The molecule has 1 aromatic carbocycles. The molecule has 0 spiro atoms. The van der Waals surface area contributed by atoms with Crippen LogP contribution in [-0.2, 0) is 10.8 Å². The molecule has 0 saturated carbocycles. The van der Waals surface area contributed by atoms with Crippen molar-refractivity contribution < 1.29 is 4.42 Å². The number of nitrogens with zero attached hydrogens (tertiary/aromatic N) is 4. The van der Waals surface area contributed by atoms with Gasteiger partial charge in [-0.3, -0.25) is 14.9 Å². The van der Waals surface area contributed by atoms with E-state index < -0.39 is 0 Å². The molecule has 6 heterocycles. The van der Waals surface area contributed by atoms with Crippen LogP contribution in [-0.4, -0.2) is 15.0 Å². The van der Waals surface area contributed by atoms with Gasteiger partial charge in [-0.25, -0.2) is 4.98 Å². The minimum atomic E-state index is -0.300. The third kappa shape index (κ3) is 2.84. The third-order valence-electron chi connectivity index (χ3n) is 8.54. The number of allylic oxidation sites excluding steroid dienone is 1. The van der Waals surface area contributed by atoms with Crippen LogP contribution in [0, 0.1) is 6.92 Å². The number of pyridine rings is 3. The molecule has 0 amide bonds. The highest BCUT2D eigenvalue weighted by Crippen LogP contribution is 2.59. The topological polar surface area (TPSA) is 55.1 Å². The largest absolute Gasteiger partial charge is 0.460 e. The Morgan fingerprint density at radius 1 is 0.868 bits per heavy atom. The van der Waals surface area contributed by atoms with Gasteiger partial charge in [0.1, 0.15) is 17.2 Å². The lowest BCUT2D eigenvalue weighted by atomic mass is 9.68. The number of benzene rings is 1. The number of fused-ring (bicyclic) bond motifs is 5. The Labute approximate surface area is 222 Å². The zero-order valence-electron chi connectivity index (χ0n) is 22.6. The van der Waals surface area contributed by atoms with Gasteiger partial charge in [0.15, 0.2) is 0 Å². The van der Waals surface area contributed by atoms with Gasteiger partial charge in [-0.1, -0.05) is 58.0 Å². The third-order valence-corrected chi connectivity index (χ3v) is 8.54. The molecule has 5 heteroatoms. The molecule has 0 saturated heterocycles. The summed E-state index contributed by atoms with van der Waals surface area (Å²) >= 11 is 0. The summed E-state index contributed by atoms with van der Waals surface area (Å²) in [6.45, 7) is 13.2. The maximum absolute atomic E-state index is 6.32. The lowest BCUT2D eigenvalue weighted by Gasteiger charge is -2.48. The molecular weight excluding hydrogens is 468 g/mol. The second kappa shape index (κ2) is 7.64. The molecule has 38 heavy (non-hydrogen) atoms. The van der Waals surface area contributed by atoms with Gasteiger partial charge in [-0.15, -0.1) is 0 Å². The van der Waals surface area contributed by atoms with E-state index in [0.29, 0.717) is 0 Å². The number of anilines is 3. The van der Waals surface area contributed by atoms with Crippen LogP contribution in [0.25, 0.3) is 28.2 Å². The average molecular weight is 499 g/mol. The first kappa shape index (κ1) is 22.9. The highest BCUT2D eigenvalue weighted by atomic mass is 16.3. The molecule has 0 fully saturated rings. The Bertz CT molecular complexity index is 1810. The maximum Gasteiger partial charge on any atom is 0.142 e. The summed E-state index contributed by atoms with van der Waals surface area (Å²) in [5, 5.41) is 1.12. The van der Waals surface area contributed by atoms with Gasteiger partial charge in [-0.2, -0.15) is 0 Å². The predicted molar refractivity (Wildman–Crippen MR) is 153 cm³/mol. The molecule has 2 aliphatic rings.